The fourth-order valence-electron chi connectivity index (χ4n) is 2.05. The van der Waals surface area contributed by atoms with Crippen LogP contribution in [0.5, 0.6) is 0 Å². The lowest BCUT2D eigenvalue weighted by atomic mass is 10.2. The van der Waals surface area contributed by atoms with Gasteiger partial charge in [0.1, 0.15) is 5.82 Å². The Bertz CT molecular complexity index is 613. The summed E-state index contributed by atoms with van der Waals surface area (Å²) in [6.07, 6.45) is 2.73. The van der Waals surface area contributed by atoms with Crippen LogP contribution in [0, 0.1) is 22.7 Å². The van der Waals surface area contributed by atoms with Crippen molar-refractivity contribution in [3.63, 3.8) is 0 Å². The minimum atomic E-state index is 0.326. The average Bonchev–Trinajstić information content (AvgIpc) is 2.73. The van der Waals surface area contributed by atoms with Crippen LogP contribution in [0.25, 0.3) is 11.0 Å². The van der Waals surface area contributed by atoms with Crippen LogP contribution in [0.3, 0.4) is 0 Å². The van der Waals surface area contributed by atoms with E-state index in [0.717, 1.165) is 36.2 Å². The molecule has 2 aromatic rings. The first-order valence-electron chi connectivity index (χ1n) is 6.05. The molecule has 1 heterocycles. The molecule has 0 radical (unpaired) electrons. The molecule has 0 fully saturated rings. The highest BCUT2D eigenvalue weighted by Crippen LogP contribution is 2.17. The normalized spacial score (nSPS) is 10.1. The molecule has 4 heteroatoms. The van der Waals surface area contributed by atoms with Gasteiger partial charge in [-0.05, 0) is 25.0 Å². The van der Waals surface area contributed by atoms with E-state index >= 15 is 0 Å². The van der Waals surface area contributed by atoms with Crippen LogP contribution >= 0.6 is 0 Å². The lowest BCUT2D eigenvalue weighted by Gasteiger charge is -2.06. The maximum atomic E-state index is 8.83. The third kappa shape index (κ3) is 2.49. The minimum absolute atomic E-state index is 0.326. The fraction of sp³-hybridized carbons (Fsp3) is 0.357. The summed E-state index contributed by atoms with van der Waals surface area (Å²) in [5.41, 5.74) is 2.00. The summed E-state index contributed by atoms with van der Waals surface area (Å²) in [5, 5.41) is 17.4. The number of hydrogen-bond donors (Lipinski definition) is 0. The molecule has 0 aliphatic carbocycles. The van der Waals surface area contributed by atoms with Crippen molar-refractivity contribution in [2.45, 2.75) is 32.2 Å². The van der Waals surface area contributed by atoms with E-state index in [-0.39, 0.29) is 0 Å². The van der Waals surface area contributed by atoms with Gasteiger partial charge in [0.2, 0.25) is 0 Å². The summed E-state index contributed by atoms with van der Waals surface area (Å²) in [4.78, 5) is 4.48. The Labute approximate surface area is 106 Å². The molecule has 0 amide bonds. The summed E-state index contributed by atoms with van der Waals surface area (Å²) in [6, 6.07) is 12.2. The van der Waals surface area contributed by atoms with E-state index in [9.17, 15) is 0 Å². The number of nitriles is 2. The van der Waals surface area contributed by atoms with Gasteiger partial charge in [0, 0.05) is 13.0 Å². The van der Waals surface area contributed by atoms with Gasteiger partial charge in [-0.1, -0.05) is 12.1 Å². The van der Waals surface area contributed by atoms with Gasteiger partial charge in [-0.25, -0.2) is 4.98 Å². The number of hydrogen-bond acceptors (Lipinski definition) is 3. The molecular weight excluding hydrogens is 224 g/mol. The number of unbranched alkanes of at least 4 members (excludes halogenated alkanes) is 2. The Balaban J connectivity index is 2.25. The second-order valence-corrected chi connectivity index (χ2v) is 4.12. The fourth-order valence-corrected chi connectivity index (χ4v) is 2.05. The van der Waals surface area contributed by atoms with Crippen LogP contribution in [0.4, 0.5) is 0 Å². The van der Waals surface area contributed by atoms with E-state index in [0.29, 0.717) is 12.8 Å². The monoisotopic (exact) mass is 238 g/mol. The van der Waals surface area contributed by atoms with Gasteiger partial charge in [0.05, 0.1) is 29.6 Å². The number of aryl methyl sites for hydroxylation is 1. The first-order chi connectivity index (χ1) is 8.86. The molecule has 0 spiro atoms. The van der Waals surface area contributed by atoms with E-state index in [1.54, 1.807) is 0 Å². The summed E-state index contributed by atoms with van der Waals surface area (Å²) in [6.45, 7) is 0.819. The van der Waals surface area contributed by atoms with Crippen molar-refractivity contribution in [3.05, 3.63) is 30.1 Å². The maximum absolute atomic E-state index is 8.83. The van der Waals surface area contributed by atoms with E-state index in [1.165, 1.54) is 0 Å². The van der Waals surface area contributed by atoms with Crippen molar-refractivity contribution in [2.24, 2.45) is 0 Å². The standard InChI is InChI=1S/C14H14N4/c15-9-4-1-5-11-18-13-7-3-2-6-12(13)17-14(18)8-10-16/h2-3,6-7H,1,4-5,8,11H2. The molecule has 90 valence electrons. The summed E-state index contributed by atoms with van der Waals surface area (Å²) in [5.74, 6) is 0.815. The van der Waals surface area contributed by atoms with Gasteiger partial charge < -0.3 is 4.57 Å². The smallest absolute Gasteiger partial charge is 0.124 e. The van der Waals surface area contributed by atoms with Crippen LogP contribution in [0.2, 0.25) is 0 Å². The zero-order valence-electron chi connectivity index (χ0n) is 10.1. The van der Waals surface area contributed by atoms with Gasteiger partial charge in [0.15, 0.2) is 0 Å². The van der Waals surface area contributed by atoms with Crippen molar-refractivity contribution in [3.8, 4) is 12.1 Å². The third-order valence-electron chi connectivity index (χ3n) is 2.89. The lowest BCUT2D eigenvalue weighted by Crippen LogP contribution is -2.03. The summed E-state index contributed by atoms with van der Waals surface area (Å²) in [7, 11) is 0. The zero-order valence-corrected chi connectivity index (χ0v) is 10.1. The third-order valence-corrected chi connectivity index (χ3v) is 2.89. The van der Waals surface area contributed by atoms with E-state index in [2.05, 4.69) is 21.7 Å². The molecule has 4 nitrogen and oxygen atoms in total. The summed E-state index contributed by atoms with van der Waals surface area (Å²) < 4.78 is 2.09. The van der Waals surface area contributed by atoms with Crippen molar-refractivity contribution in [1.82, 2.24) is 9.55 Å². The van der Waals surface area contributed by atoms with Crippen LogP contribution in [0.1, 0.15) is 25.1 Å². The molecule has 0 aliphatic heterocycles. The molecule has 1 aromatic carbocycles. The van der Waals surface area contributed by atoms with Gasteiger partial charge in [-0.3, -0.25) is 0 Å². The second-order valence-electron chi connectivity index (χ2n) is 4.12. The SMILES string of the molecule is N#CCCCCn1c(CC#N)nc2ccccc21. The first kappa shape index (κ1) is 12.1. The van der Waals surface area contributed by atoms with Crippen LogP contribution in [-0.2, 0) is 13.0 Å². The molecular formula is C14H14N4. The Hall–Kier alpha value is -2.33. The highest BCUT2D eigenvalue weighted by molar-refractivity contribution is 5.75. The van der Waals surface area contributed by atoms with Crippen LogP contribution < -0.4 is 0 Å². The van der Waals surface area contributed by atoms with E-state index in [4.69, 9.17) is 10.5 Å². The molecule has 18 heavy (non-hydrogen) atoms. The molecule has 0 saturated heterocycles. The first-order valence-corrected chi connectivity index (χ1v) is 6.05. The Morgan fingerprint density at radius 2 is 1.94 bits per heavy atom. The minimum Gasteiger partial charge on any atom is -0.327 e. The highest BCUT2D eigenvalue weighted by Gasteiger charge is 2.09. The number of fused-ring (bicyclic) bond motifs is 1. The lowest BCUT2D eigenvalue weighted by molar-refractivity contribution is 0.611. The van der Waals surface area contributed by atoms with Crippen LogP contribution in [0.15, 0.2) is 24.3 Å². The van der Waals surface area contributed by atoms with Gasteiger partial charge in [-0.15, -0.1) is 0 Å². The molecule has 0 bridgehead atoms. The molecule has 2 rings (SSSR count). The van der Waals surface area contributed by atoms with Gasteiger partial charge in [0.25, 0.3) is 0 Å². The van der Waals surface area contributed by atoms with Crippen molar-refractivity contribution in [1.29, 1.82) is 10.5 Å². The van der Waals surface area contributed by atoms with E-state index in [1.807, 2.05) is 24.3 Å². The maximum Gasteiger partial charge on any atom is 0.124 e. The predicted molar refractivity (Wildman–Crippen MR) is 68.5 cm³/mol. The Kier molecular flexibility index (Phi) is 3.94. The van der Waals surface area contributed by atoms with E-state index < -0.39 is 0 Å². The Morgan fingerprint density at radius 1 is 1.11 bits per heavy atom. The van der Waals surface area contributed by atoms with Crippen LogP contribution in [-0.4, -0.2) is 9.55 Å². The molecule has 0 atom stereocenters. The number of para-hydroxylation sites is 2. The largest absolute Gasteiger partial charge is 0.327 e. The predicted octanol–water partition coefficient (Wildman–Crippen LogP) is 2.80. The summed E-state index contributed by atoms with van der Waals surface area (Å²) >= 11 is 0. The molecule has 1 aromatic heterocycles. The molecule has 0 saturated carbocycles. The topological polar surface area (TPSA) is 65.4 Å². The number of nitrogens with zero attached hydrogens (tertiary/aromatic N) is 4. The van der Waals surface area contributed by atoms with Gasteiger partial charge >= 0.3 is 0 Å². The van der Waals surface area contributed by atoms with Crippen molar-refractivity contribution < 1.29 is 0 Å². The second kappa shape index (κ2) is 5.84. The number of aromatic nitrogens is 2. The number of imidazole rings is 1. The number of rotatable bonds is 5. The quantitative estimate of drug-likeness (QED) is 0.752. The van der Waals surface area contributed by atoms with Gasteiger partial charge in [-0.2, -0.15) is 10.5 Å². The highest BCUT2D eigenvalue weighted by atomic mass is 15.1. The molecule has 0 aliphatic rings. The van der Waals surface area contributed by atoms with Crippen molar-refractivity contribution in [2.75, 3.05) is 0 Å². The zero-order chi connectivity index (χ0) is 12.8. The Morgan fingerprint density at radius 3 is 2.72 bits per heavy atom. The molecule has 0 N–H and O–H groups in total. The number of benzene rings is 1. The average molecular weight is 238 g/mol. The molecule has 0 unspecified atom stereocenters. The van der Waals surface area contributed by atoms with Crippen molar-refractivity contribution >= 4 is 11.0 Å².